The molecule has 1 unspecified atom stereocenters. The average Bonchev–Trinajstić information content (AvgIpc) is 2.95. The lowest BCUT2D eigenvalue weighted by Crippen LogP contribution is -2.36. The normalized spacial score (nSPS) is 18.8. The zero-order valence-electron chi connectivity index (χ0n) is 11.0. The van der Waals surface area contributed by atoms with E-state index in [1.807, 2.05) is 12.2 Å². The third-order valence-corrected chi connectivity index (χ3v) is 5.33. The molecule has 0 fully saturated rings. The first kappa shape index (κ1) is 14.2. The maximum Gasteiger partial charge on any atom is 0.266 e. The van der Waals surface area contributed by atoms with Gasteiger partial charge in [0.1, 0.15) is 15.9 Å². The third-order valence-electron chi connectivity index (χ3n) is 3.41. The van der Waals surface area contributed by atoms with Crippen LogP contribution in [0.5, 0.6) is 0 Å². The molecule has 3 rings (SSSR count). The smallest absolute Gasteiger partial charge is 0.266 e. The second-order valence-corrected chi connectivity index (χ2v) is 7.02. The highest BCUT2D eigenvalue weighted by Gasteiger charge is 2.26. The minimum Gasteiger partial charge on any atom is -0.274 e. The van der Waals surface area contributed by atoms with Gasteiger partial charge in [-0.15, -0.1) is 0 Å². The van der Waals surface area contributed by atoms with Gasteiger partial charge < -0.3 is 0 Å². The van der Waals surface area contributed by atoms with Gasteiger partial charge in [0.15, 0.2) is 0 Å². The van der Waals surface area contributed by atoms with Gasteiger partial charge in [-0.3, -0.25) is 4.79 Å². The molecule has 1 aromatic carbocycles. The Morgan fingerprint density at radius 3 is 2.90 bits per heavy atom. The number of nitrogens with zero attached hydrogens (tertiary/aromatic N) is 2. The number of aromatic nitrogens is 2. The van der Waals surface area contributed by atoms with E-state index in [9.17, 15) is 13.2 Å². The molecular formula is C13H13N3O3S2. The largest absolute Gasteiger partial charge is 0.274 e. The van der Waals surface area contributed by atoms with E-state index in [1.165, 1.54) is 6.07 Å². The Morgan fingerprint density at radius 2 is 2.14 bits per heavy atom. The molecule has 0 saturated carbocycles. The van der Waals surface area contributed by atoms with Gasteiger partial charge in [-0.2, -0.15) is 8.75 Å². The fourth-order valence-corrected chi connectivity index (χ4v) is 4.11. The van der Waals surface area contributed by atoms with Crippen molar-refractivity contribution in [3.8, 4) is 0 Å². The fraction of sp³-hybridized carbons (Fsp3) is 0.308. The van der Waals surface area contributed by atoms with Gasteiger partial charge in [0, 0.05) is 5.92 Å². The number of hydrogen-bond acceptors (Lipinski definition) is 6. The second kappa shape index (κ2) is 5.53. The molecule has 21 heavy (non-hydrogen) atoms. The average molecular weight is 323 g/mol. The Kier molecular flexibility index (Phi) is 3.73. The molecule has 1 aliphatic carbocycles. The van der Waals surface area contributed by atoms with E-state index in [2.05, 4.69) is 13.5 Å². The van der Waals surface area contributed by atoms with Crippen LogP contribution in [0.15, 0.2) is 35.2 Å². The minimum absolute atomic E-state index is 0.00606. The summed E-state index contributed by atoms with van der Waals surface area (Å²) in [5.41, 5.74) is 0.808. The molecule has 1 N–H and O–H groups in total. The number of rotatable bonds is 3. The van der Waals surface area contributed by atoms with Gasteiger partial charge in [0.2, 0.25) is 5.91 Å². The van der Waals surface area contributed by atoms with Crippen molar-refractivity contribution in [3.63, 3.8) is 0 Å². The maximum atomic E-state index is 12.4. The summed E-state index contributed by atoms with van der Waals surface area (Å²) in [6.07, 6.45) is 5.94. The molecule has 1 heterocycles. The summed E-state index contributed by atoms with van der Waals surface area (Å²) >= 11 is 0.944. The van der Waals surface area contributed by atoms with Crippen LogP contribution in [0.25, 0.3) is 11.0 Å². The van der Waals surface area contributed by atoms with Crippen molar-refractivity contribution >= 4 is 38.7 Å². The summed E-state index contributed by atoms with van der Waals surface area (Å²) in [7, 11) is -3.92. The summed E-state index contributed by atoms with van der Waals surface area (Å²) < 4.78 is 34.9. The Hall–Kier alpha value is -1.80. The van der Waals surface area contributed by atoms with E-state index >= 15 is 0 Å². The zero-order valence-corrected chi connectivity index (χ0v) is 12.7. The van der Waals surface area contributed by atoms with Crippen molar-refractivity contribution in [1.29, 1.82) is 0 Å². The van der Waals surface area contributed by atoms with Gasteiger partial charge in [0.25, 0.3) is 10.0 Å². The highest BCUT2D eigenvalue weighted by molar-refractivity contribution is 7.90. The first-order valence-corrected chi connectivity index (χ1v) is 8.72. The molecule has 110 valence electrons. The van der Waals surface area contributed by atoms with Crippen LogP contribution in [-0.2, 0) is 14.8 Å². The van der Waals surface area contributed by atoms with Crippen molar-refractivity contribution < 1.29 is 13.2 Å². The third kappa shape index (κ3) is 2.81. The molecule has 0 radical (unpaired) electrons. The van der Waals surface area contributed by atoms with E-state index in [0.717, 1.165) is 18.1 Å². The second-order valence-electron chi connectivity index (χ2n) is 4.84. The molecular weight excluding hydrogens is 310 g/mol. The quantitative estimate of drug-likeness (QED) is 0.871. The van der Waals surface area contributed by atoms with E-state index < -0.39 is 15.9 Å². The predicted octanol–water partition coefficient (Wildman–Crippen LogP) is 1.85. The number of carbonyl (C=O) groups is 1. The summed E-state index contributed by atoms with van der Waals surface area (Å²) in [6, 6.07) is 4.71. The summed E-state index contributed by atoms with van der Waals surface area (Å²) in [5.74, 6) is -0.753. The molecule has 0 bridgehead atoms. The highest BCUT2D eigenvalue weighted by Crippen LogP contribution is 2.23. The van der Waals surface area contributed by atoms with Crippen LogP contribution in [0.3, 0.4) is 0 Å². The van der Waals surface area contributed by atoms with E-state index in [4.69, 9.17) is 0 Å². The molecule has 8 heteroatoms. The molecule has 1 amide bonds. The lowest BCUT2D eigenvalue weighted by molar-refractivity contribution is -0.123. The lowest BCUT2D eigenvalue weighted by atomic mass is 9.94. The first-order valence-electron chi connectivity index (χ1n) is 6.51. The molecule has 0 spiro atoms. The summed E-state index contributed by atoms with van der Waals surface area (Å²) in [5, 5.41) is 0. The molecule has 0 aliphatic heterocycles. The van der Waals surface area contributed by atoms with E-state index in [1.54, 1.807) is 12.1 Å². The molecule has 6 nitrogen and oxygen atoms in total. The van der Waals surface area contributed by atoms with Crippen molar-refractivity contribution in [1.82, 2.24) is 13.5 Å². The minimum atomic E-state index is -3.92. The topological polar surface area (TPSA) is 89.0 Å². The summed E-state index contributed by atoms with van der Waals surface area (Å²) in [4.78, 5) is 12.1. The van der Waals surface area contributed by atoms with Crippen LogP contribution in [0.4, 0.5) is 0 Å². The van der Waals surface area contributed by atoms with Crippen LogP contribution in [0, 0.1) is 5.92 Å². The Labute approximate surface area is 126 Å². The number of amides is 1. The van der Waals surface area contributed by atoms with Gasteiger partial charge in [-0.25, -0.2) is 13.1 Å². The van der Waals surface area contributed by atoms with Gasteiger partial charge in [-0.05, 0) is 31.4 Å². The van der Waals surface area contributed by atoms with E-state index in [-0.39, 0.29) is 10.8 Å². The predicted molar refractivity (Wildman–Crippen MR) is 79.2 cm³/mol. The van der Waals surface area contributed by atoms with E-state index in [0.29, 0.717) is 23.9 Å². The van der Waals surface area contributed by atoms with Gasteiger partial charge >= 0.3 is 0 Å². The Balaban J connectivity index is 1.88. The van der Waals surface area contributed by atoms with Gasteiger partial charge in [-0.1, -0.05) is 18.2 Å². The number of fused-ring (bicyclic) bond motifs is 1. The number of nitrogens with one attached hydrogen (secondary N) is 1. The Bertz CT molecular complexity index is 811. The van der Waals surface area contributed by atoms with Crippen molar-refractivity contribution in [2.75, 3.05) is 0 Å². The molecule has 2 aromatic rings. The van der Waals surface area contributed by atoms with Crippen LogP contribution in [0.2, 0.25) is 0 Å². The first-order chi connectivity index (χ1) is 10.1. The number of hydrogen-bond donors (Lipinski definition) is 1. The monoisotopic (exact) mass is 323 g/mol. The van der Waals surface area contributed by atoms with Crippen LogP contribution in [0.1, 0.15) is 19.3 Å². The molecule has 1 aliphatic rings. The van der Waals surface area contributed by atoms with Crippen molar-refractivity contribution in [2.24, 2.45) is 5.92 Å². The van der Waals surface area contributed by atoms with Crippen LogP contribution >= 0.6 is 11.7 Å². The molecule has 1 atom stereocenters. The Morgan fingerprint density at radius 1 is 1.29 bits per heavy atom. The maximum absolute atomic E-state index is 12.4. The fourth-order valence-electron chi connectivity index (χ4n) is 2.30. The number of carbonyl (C=O) groups excluding carboxylic acids is 1. The highest BCUT2D eigenvalue weighted by atomic mass is 32.2. The zero-order chi connectivity index (χ0) is 14.9. The number of allylic oxidation sites excluding steroid dienone is 2. The van der Waals surface area contributed by atoms with Gasteiger partial charge in [0.05, 0.1) is 11.7 Å². The molecule has 1 aromatic heterocycles. The standard InChI is InChI=1S/C13H13N3O3S2/c17-13(9-5-2-1-3-6-9)16-21(18,19)11-8-4-7-10-12(11)15-20-14-10/h1-2,4,7-9H,3,5-6H2,(H,16,17). The molecule has 0 saturated heterocycles. The van der Waals surface area contributed by atoms with Crippen LogP contribution in [-0.4, -0.2) is 23.1 Å². The van der Waals surface area contributed by atoms with Crippen LogP contribution < -0.4 is 4.72 Å². The summed E-state index contributed by atoms with van der Waals surface area (Å²) in [6.45, 7) is 0. The number of sulfonamides is 1. The van der Waals surface area contributed by atoms with Crippen molar-refractivity contribution in [2.45, 2.75) is 24.2 Å². The number of benzene rings is 1. The lowest BCUT2D eigenvalue weighted by Gasteiger charge is -2.17. The SMILES string of the molecule is O=C(NS(=O)(=O)c1cccc2nsnc12)C1CC=CCC1. The van der Waals surface area contributed by atoms with Crippen molar-refractivity contribution in [3.05, 3.63) is 30.4 Å².